The van der Waals surface area contributed by atoms with Crippen molar-refractivity contribution in [3.05, 3.63) is 93.6 Å². The SMILES string of the molecule is Cc1cc(C)cc(-n2ncc3c(=O)n(Cc4ncc(-c5ccc(Cl)cc5)o4)cnc32)c1. The summed E-state index contributed by atoms with van der Waals surface area (Å²) in [7, 11) is 0. The monoisotopic (exact) mass is 431 g/mol. The zero-order chi connectivity index (χ0) is 21.5. The van der Waals surface area contributed by atoms with Crippen molar-refractivity contribution in [1.82, 2.24) is 24.3 Å². The number of hydrogen-bond acceptors (Lipinski definition) is 5. The van der Waals surface area contributed by atoms with Gasteiger partial charge in [0.2, 0.25) is 5.89 Å². The minimum absolute atomic E-state index is 0.171. The van der Waals surface area contributed by atoms with Crippen LogP contribution in [-0.2, 0) is 6.54 Å². The smallest absolute Gasteiger partial charge is 0.264 e. The van der Waals surface area contributed by atoms with Crippen LogP contribution in [0.3, 0.4) is 0 Å². The molecular weight excluding hydrogens is 414 g/mol. The summed E-state index contributed by atoms with van der Waals surface area (Å²) in [6.07, 6.45) is 4.68. The quantitative estimate of drug-likeness (QED) is 0.417. The Morgan fingerprint density at radius 1 is 1.00 bits per heavy atom. The van der Waals surface area contributed by atoms with Gasteiger partial charge in [-0.2, -0.15) is 5.10 Å². The fourth-order valence-corrected chi connectivity index (χ4v) is 3.73. The summed E-state index contributed by atoms with van der Waals surface area (Å²) in [6.45, 7) is 4.22. The van der Waals surface area contributed by atoms with Crippen molar-refractivity contribution in [2.45, 2.75) is 20.4 Å². The molecule has 5 rings (SSSR count). The van der Waals surface area contributed by atoms with Gasteiger partial charge in [-0.05, 0) is 61.4 Å². The normalized spacial score (nSPS) is 11.3. The maximum Gasteiger partial charge on any atom is 0.264 e. The predicted molar refractivity (Wildman–Crippen MR) is 119 cm³/mol. The molecule has 0 unspecified atom stereocenters. The van der Waals surface area contributed by atoms with Gasteiger partial charge in [0.05, 0.1) is 18.1 Å². The lowest BCUT2D eigenvalue weighted by molar-refractivity contribution is 0.484. The molecule has 0 bridgehead atoms. The van der Waals surface area contributed by atoms with E-state index in [0.29, 0.717) is 27.7 Å². The summed E-state index contributed by atoms with van der Waals surface area (Å²) >= 11 is 5.93. The molecule has 8 heteroatoms. The molecule has 154 valence electrons. The molecular formula is C23H18ClN5O2. The average Bonchev–Trinajstić information content (AvgIpc) is 3.37. The van der Waals surface area contributed by atoms with Crippen molar-refractivity contribution in [1.29, 1.82) is 0 Å². The van der Waals surface area contributed by atoms with E-state index in [1.54, 1.807) is 29.2 Å². The van der Waals surface area contributed by atoms with Crippen LogP contribution in [0.25, 0.3) is 28.0 Å². The Kier molecular flexibility index (Phi) is 4.67. The number of nitrogens with zero attached hydrogens (tertiary/aromatic N) is 5. The van der Waals surface area contributed by atoms with E-state index >= 15 is 0 Å². The molecule has 0 atom stereocenters. The summed E-state index contributed by atoms with van der Waals surface area (Å²) < 4.78 is 8.97. The van der Waals surface area contributed by atoms with Crippen molar-refractivity contribution < 1.29 is 4.42 Å². The highest BCUT2D eigenvalue weighted by atomic mass is 35.5. The first-order valence-electron chi connectivity index (χ1n) is 9.70. The molecule has 0 aliphatic carbocycles. The fraction of sp³-hybridized carbons (Fsp3) is 0.130. The number of aryl methyl sites for hydroxylation is 2. The standard InChI is InChI=1S/C23H18ClN5O2/c1-14-7-15(2)9-18(8-14)29-22-19(10-27-29)23(30)28(13-26-22)12-21-25-11-20(31-21)16-3-5-17(24)6-4-16/h3-11,13H,12H2,1-2H3. The van der Waals surface area contributed by atoms with Crippen LogP contribution in [0.15, 0.2) is 70.4 Å². The Bertz CT molecular complexity index is 1440. The molecule has 0 saturated carbocycles. The Morgan fingerprint density at radius 3 is 2.48 bits per heavy atom. The molecule has 3 aromatic heterocycles. The zero-order valence-electron chi connectivity index (χ0n) is 16.9. The van der Waals surface area contributed by atoms with Crippen molar-refractivity contribution >= 4 is 22.6 Å². The third-order valence-electron chi connectivity index (χ3n) is 4.99. The number of hydrogen-bond donors (Lipinski definition) is 0. The Morgan fingerprint density at radius 2 is 1.74 bits per heavy atom. The molecule has 0 radical (unpaired) electrons. The molecule has 0 aliphatic rings. The lowest BCUT2D eigenvalue weighted by Crippen LogP contribution is -2.21. The molecule has 0 amide bonds. The average molecular weight is 432 g/mol. The largest absolute Gasteiger partial charge is 0.439 e. The molecule has 2 aromatic carbocycles. The van der Waals surface area contributed by atoms with Crippen LogP contribution in [0.2, 0.25) is 5.02 Å². The molecule has 0 fully saturated rings. The van der Waals surface area contributed by atoms with Crippen LogP contribution in [-0.4, -0.2) is 24.3 Å². The molecule has 3 heterocycles. The number of fused-ring (bicyclic) bond motifs is 1. The fourth-order valence-electron chi connectivity index (χ4n) is 3.60. The first kappa shape index (κ1) is 19.3. The molecule has 0 saturated heterocycles. The molecule has 0 N–H and O–H groups in total. The highest BCUT2D eigenvalue weighted by Crippen LogP contribution is 2.23. The summed E-state index contributed by atoms with van der Waals surface area (Å²) in [5.41, 5.74) is 4.28. The summed E-state index contributed by atoms with van der Waals surface area (Å²) in [5, 5.41) is 5.48. The van der Waals surface area contributed by atoms with E-state index in [2.05, 4.69) is 21.1 Å². The zero-order valence-corrected chi connectivity index (χ0v) is 17.7. The molecule has 7 nitrogen and oxygen atoms in total. The van der Waals surface area contributed by atoms with Crippen molar-refractivity contribution in [3.63, 3.8) is 0 Å². The lowest BCUT2D eigenvalue weighted by Gasteiger charge is -2.07. The Hall–Kier alpha value is -3.71. The van der Waals surface area contributed by atoms with Gasteiger partial charge in [-0.15, -0.1) is 0 Å². The first-order valence-corrected chi connectivity index (χ1v) is 10.1. The second-order valence-corrected chi connectivity index (χ2v) is 7.88. The van der Waals surface area contributed by atoms with E-state index in [-0.39, 0.29) is 12.1 Å². The third-order valence-corrected chi connectivity index (χ3v) is 5.25. The number of halogens is 1. The third kappa shape index (κ3) is 3.64. The highest BCUT2D eigenvalue weighted by Gasteiger charge is 2.14. The molecule has 31 heavy (non-hydrogen) atoms. The number of benzene rings is 2. The van der Waals surface area contributed by atoms with E-state index in [4.69, 9.17) is 16.0 Å². The Balaban J connectivity index is 1.47. The highest BCUT2D eigenvalue weighted by molar-refractivity contribution is 6.30. The van der Waals surface area contributed by atoms with Crippen molar-refractivity contribution in [3.8, 4) is 17.0 Å². The van der Waals surface area contributed by atoms with Gasteiger partial charge in [0, 0.05) is 10.6 Å². The molecule has 5 aromatic rings. The van der Waals surface area contributed by atoms with Gasteiger partial charge in [0.15, 0.2) is 11.4 Å². The first-order chi connectivity index (χ1) is 15.0. The van der Waals surface area contributed by atoms with Gasteiger partial charge >= 0.3 is 0 Å². The van der Waals surface area contributed by atoms with Crippen LogP contribution in [0, 0.1) is 13.8 Å². The topological polar surface area (TPSA) is 78.7 Å². The second-order valence-electron chi connectivity index (χ2n) is 7.44. The van der Waals surface area contributed by atoms with Crippen LogP contribution in [0.5, 0.6) is 0 Å². The van der Waals surface area contributed by atoms with Gasteiger partial charge in [-0.25, -0.2) is 14.6 Å². The Labute approximate surface area is 182 Å². The van der Waals surface area contributed by atoms with E-state index in [0.717, 1.165) is 22.4 Å². The van der Waals surface area contributed by atoms with Crippen molar-refractivity contribution in [2.24, 2.45) is 0 Å². The minimum atomic E-state index is -0.202. The minimum Gasteiger partial charge on any atom is -0.439 e. The van der Waals surface area contributed by atoms with Crippen LogP contribution < -0.4 is 5.56 Å². The number of aromatic nitrogens is 5. The number of rotatable bonds is 4. The second kappa shape index (κ2) is 7.52. The van der Waals surface area contributed by atoms with Crippen LogP contribution in [0.1, 0.15) is 17.0 Å². The van der Waals surface area contributed by atoms with Gasteiger partial charge in [0.25, 0.3) is 5.56 Å². The summed E-state index contributed by atoms with van der Waals surface area (Å²) in [6, 6.07) is 13.4. The summed E-state index contributed by atoms with van der Waals surface area (Å²) in [4.78, 5) is 21.8. The number of oxazole rings is 1. The van der Waals surface area contributed by atoms with Gasteiger partial charge in [-0.3, -0.25) is 9.36 Å². The summed E-state index contributed by atoms with van der Waals surface area (Å²) in [5.74, 6) is 1.02. The maximum atomic E-state index is 13.0. The van der Waals surface area contributed by atoms with Crippen molar-refractivity contribution in [2.75, 3.05) is 0 Å². The van der Waals surface area contributed by atoms with Crippen LogP contribution >= 0.6 is 11.6 Å². The lowest BCUT2D eigenvalue weighted by atomic mass is 10.1. The van der Waals surface area contributed by atoms with Gasteiger partial charge in [0.1, 0.15) is 18.3 Å². The predicted octanol–water partition coefficient (Wildman–Crippen LogP) is 4.56. The van der Waals surface area contributed by atoms with E-state index < -0.39 is 0 Å². The molecule has 0 aliphatic heterocycles. The van der Waals surface area contributed by atoms with E-state index in [9.17, 15) is 4.79 Å². The van der Waals surface area contributed by atoms with E-state index in [1.165, 1.54) is 10.9 Å². The maximum absolute atomic E-state index is 13.0. The van der Waals surface area contributed by atoms with Crippen LogP contribution in [0.4, 0.5) is 0 Å². The van der Waals surface area contributed by atoms with Gasteiger partial charge < -0.3 is 4.42 Å². The van der Waals surface area contributed by atoms with Gasteiger partial charge in [-0.1, -0.05) is 17.7 Å². The molecule has 0 spiro atoms. The van der Waals surface area contributed by atoms with E-state index in [1.807, 2.05) is 38.1 Å².